The lowest BCUT2D eigenvalue weighted by atomic mass is 10.0. The smallest absolute Gasteiger partial charge is 0.239 e. The minimum Gasteiger partial charge on any atom is -0.378 e. The number of morpholine rings is 1. The first-order valence-electron chi connectivity index (χ1n) is 7.00. The van der Waals surface area contributed by atoms with Gasteiger partial charge in [-0.25, -0.2) is 0 Å². The Morgan fingerprint density at radius 1 is 1.22 bits per heavy atom. The van der Waals surface area contributed by atoms with Crippen LogP contribution in [0.25, 0.3) is 0 Å². The SMILES string of the molecule is CNC1CCN(C(C)C(=O)N2CCOCC2)CC1. The van der Waals surface area contributed by atoms with E-state index < -0.39 is 0 Å². The fraction of sp³-hybridized carbons (Fsp3) is 0.923. The lowest BCUT2D eigenvalue weighted by Gasteiger charge is -2.38. The van der Waals surface area contributed by atoms with Crippen LogP contribution in [0.2, 0.25) is 0 Å². The second-order valence-electron chi connectivity index (χ2n) is 5.21. The van der Waals surface area contributed by atoms with Gasteiger partial charge in [0.05, 0.1) is 19.3 Å². The van der Waals surface area contributed by atoms with Crippen molar-refractivity contribution in [2.24, 2.45) is 0 Å². The van der Waals surface area contributed by atoms with Gasteiger partial charge in [0.15, 0.2) is 0 Å². The minimum atomic E-state index is 0.0147. The van der Waals surface area contributed by atoms with E-state index in [1.165, 1.54) is 0 Å². The summed E-state index contributed by atoms with van der Waals surface area (Å²) in [5.41, 5.74) is 0. The molecule has 0 aliphatic carbocycles. The van der Waals surface area contributed by atoms with E-state index in [2.05, 4.69) is 10.2 Å². The highest BCUT2D eigenvalue weighted by Crippen LogP contribution is 2.15. The van der Waals surface area contributed by atoms with Gasteiger partial charge < -0.3 is 15.0 Å². The summed E-state index contributed by atoms with van der Waals surface area (Å²) in [6.07, 6.45) is 2.27. The molecule has 2 heterocycles. The van der Waals surface area contributed by atoms with Gasteiger partial charge in [-0.1, -0.05) is 0 Å². The Balaban J connectivity index is 1.83. The molecule has 18 heavy (non-hydrogen) atoms. The van der Waals surface area contributed by atoms with E-state index in [-0.39, 0.29) is 11.9 Å². The number of rotatable bonds is 3. The third-order valence-corrected chi connectivity index (χ3v) is 4.17. The van der Waals surface area contributed by atoms with Crippen LogP contribution in [0.3, 0.4) is 0 Å². The van der Waals surface area contributed by atoms with Gasteiger partial charge in [-0.15, -0.1) is 0 Å². The molecular weight excluding hydrogens is 230 g/mol. The molecule has 0 aromatic carbocycles. The van der Waals surface area contributed by atoms with Crippen molar-refractivity contribution in [3.05, 3.63) is 0 Å². The average molecular weight is 255 g/mol. The van der Waals surface area contributed by atoms with E-state index >= 15 is 0 Å². The van der Waals surface area contributed by atoms with Crippen LogP contribution in [0, 0.1) is 0 Å². The van der Waals surface area contributed by atoms with Crippen molar-refractivity contribution in [1.82, 2.24) is 15.1 Å². The molecule has 1 atom stereocenters. The number of hydrogen-bond acceptors (Lipinski definition) is 4. The Bertz CT molecular complexity index is 271. The van der Waals surface area contributed by atoms with Gasteiger partial charge >= 0.3 is 0 Å². The Morgan fingerprint density at radius 2 is 1.83 bits per heavy atom. The van der Waals surface area contributed by atoms with Gasteiger partial charge in [-0.3, -0.25) is 9.69 Å². The van der Waals surface area contributed by atoms with Gasteiger partial charge in [-0.2, -0.15) is 0 Å². The summed E-state index contributed by atoms with van der Waals surface area (Å²) >= 11 is 0. The van der Waals surface area contributed by atoms with E-state index in [1.54, 1.807) is 0 Å². The summed E-state index contributed by atoms with van der Waals surface area (Å²) in [6, 6.07) is 0.632. The largest absolute Gasteiger partial charge is 0.378 e. The third kappa shape index (κ3) is 3.22. The van der Waals surface area contributed by atoms with Crippen molar-refractivity contribution in [2.75, 3.05) is 46.4 Å². The molecule has 0 aromatic rings. The highest BCUT2D eigenvalue weighted by Gasteiger charge is 2.29. The number of ether oxygens (including phenoxy) is 1. The molecule has 2 aliphatic rings. The van der Waals surface area contributed by atoms with Gasteiger partial charge in [-0.05, 0) is 26.8 Å². The maximum absolute atomic E-state index is 12.4. The van der Waals surface area contributed by atoms with Crippen LogP contribution in [0.4, 0.5) is 0 Å². The Hall–Kier alpha value is -0.650. The minimum absolute atomic E-state index is 0.0147. The maximum Gasteiger partial charge on any atom is 0.239 e. The standard InChI is InChI=1S/C13H25N3O2/c1-11(13(17)16-7-9-18-10-8-16)15-5-3-12(14-2)4-6-15/h11-12,14H,3-10H2,1-2H3. The summed E-state index contributed by atoms with van der Waals surface area (Å²) in [5.74, 6) is 0.265. The van der Waals surface area contributed by atoms with Crippen molar-refractivity contribution in [1.29, 1.82) is 0 Å². The number of carbonyl (C=O) groups is 1. The van der Waals surface area contributed by atoms with E-state index in [0.717, 1.165) is 39.0 Å². The van der Waals surface area contributed by atoms with Crippen molar-refractivity contribution in [3.8, 4) is 0 Å². The average Bonchev–Trinajstić information content (AvgIpc) is 2.47. The van der Waals surface area contributed by atoms with Gasteiger partial charge in [0.25, 0.3) is 0 Å². The van der Waals surface area contributed by atoms with Crippen molar-refractivity contribution >= 4 is 5.91 Å². The highest BCUT2D eigenvalue weighted by molar-refractivity contribution is 5.81. The zero-order valence-electron chi connectivity index (χ0n) is 11.5. The molecule has 5 nitrogen and oxygen atoms in total. The third-order valence-electron chi connectivity index (χ3n) is 4.17. The molecule has 0 aromatic heterocycles. The molecule has 0 spiro atoms. The Morgan fingerprint density at radius 3 is 2.39 bits per heavy atom. The van der Waals surface area contributed by atoms with Crippen molar-refractivity contribution in [2.45, 2.75) is 31.8 Å². The monoisotopic (exact) mass is 255 g/mol. The molecule has 1 N–H and O–H groups in total. The van der Waals surface area contributed by atoms with Gasteiger partial charge in [0.1, 0.15) is 0 Å². The van der Waals surface area contributed by atoms with Gasteiger partial charge in [0.2, 0.25) is 5.91 Å². The second-order valence-corrected chi connectivity index (χ2v) is 5.21. The topological polar surface area (TPSA) is 44.8 Å². The first-order chi connectivity index (χ1) is 8.72. The van der Waals surface area contributed by atoms with Crippen LogP contribution in [0.15, 0.2) is 0 Å². The summed E-state index contributed by atoms with van der Waals surface area (Å²) in [4.78, 5) is 16.6. The predicted molar refractivity (Wildman–Crippen MR) is 70.5 cm³/mol. The number of nitrogens with zero attached hydrogens (tertiary/aromatic N) is 2. The summed E-state index contributed by atoms with van der Waals surface area (Å²) < 4.78 is 5.29. The van der Waals surface area contributed by atoms with Crippen LogP contribution in [-0.2, 0) is 9.53 Å². The number of likely N-dealkylation sites (tertiary alicyclic amines) is 1. The zero-order chi connectivity index (χ0) is 13.0. The molecule has 1 unspecified atom stereocenters. The lowest BCUT2D eigenvalue weighted by Crippen LogP contribution is -2.53. The number of hydrogen-bond donors (Lipinski definition) is 1. The van der Waals surface area contributed by atoms with Gasteiger partial charge in [0, 0.05) is 32.2 Å². The van der Waals surface area contributed by atoms with Crippen molar-refractivity contribution < 1.29 is 9.53 Å². The fourth-order valence-electron chi connectivity index (χ4n) is 2.78. The Labute approximate surface area is 109 Å². The number of piperidine rings is 1. The quantitative estimate of drug-likeness (QED) is 0.766. The van der Waals surface area contributed by atoms with E-state index in [4.69, 9.17) is 4.74 Å². The number of carbonyl (C=O) groups excluding carboxylic acids is 1. The van der Waals surface area contributed by atoms with Crippen molar-refractivity contribution in [3.63, 3.8) is 0 Å². The maximum atomic E-state index is 12.4. The van der Waals surface area contributed by atoms with Crippen LogP contribution in [-0.4, -0.2) is 74.2 Å². The van der Waals surface area contributed by atoms with Crippen LogP contribution >= 0.6 is 0 Å². The number of nitrogens with one attached hydrogen (secondary N) is 1. The molecule has 0 bridgehead atoms. The van der Waals surface area contributed by atoms with E-state index in [0.29, 0.717) is 19.3 Å². The van der Waals surface area contributed by atoms with E-state index in [9.17, 15) is 4.79 Å². The first-order valence-corrected chi connectivity index (χ1v) is 7.00. The van der Waals surface area contributed by atoms with E-state index in [1.807, 2.05) is 18.9 Å². The predicted octanol–water partition coefficient (Wildman–Crippen LogP) is -0.0825. The van der Waals surface area contributed by atoms with Crippen LogP contribution in [0.1, 0.15) is 19.8 Å². The molecule has 2 fully saturated rings. The first kappa shape index (κ1) is 13.8. The Kier molecular flexibility index (Phi) is 4.97. The second kappa shape index (κ2) is 6.50. The summed E-state index contributed by atoms with van der Waals surface area (Å²) in [6.45, 7) is 6.93. The lowest BCUT2D eigenvalue weighted by molar-refractivity contribution is -0.141. The van der Waals surface area contributed by atoms with Crippen LogP contribution in [0.5, 0.6) is 0 Å². The molecule has 2 aliphatic heterocycles. The summed E-state index contributed by atoms with van der Waals surface area (Å²) in [7, 11) is 2.02. The molecule has 5 heteroatoms. The normalized spacial score (nSPS) is 25.1. The molecule has 2 rings (SSSR count). The molecule has 0 saturated carbocycles. The zero-order valence-corrected chi connectivity index (χ0v) is 11.5. The van der Waals surface area contributed by atoms with Crippen LogP contribution < -0.4 is 5.32 Å². The fourth-order valence-corrected chi connectivity index (χ4v) is 2.78. The molecule has 104 valence electrons. The summed E-state index contributed by atoms with van der Waals surface area (Å²) in [5, 5.41) is 3.32. The molecule has 2 saturated heterocycles. The highest BCUT2D eigenvalue weighted by atomic mass is 16.5. The molecular formula is C13H25N3O2. The molecule has 1 amide bonds. The molecule has 0 radical (unpaired) electrons. The number of amides is 1.